The molecule has 2 aromatic rings. The summed E-state index contributed by atoms with van der Waals surface area (Å²) < 4.78 is 22.2. The maximum Gasteiger partial charge on any atom is 0.135 e. The molecule has 6 nitrogen and oxygen atoms in total. The standard InChI is InChI=1S/C24H29ClFN5O/c25-19-5-6-21-23(19)24(29-16-3-1-2-4-16)18(10-27-21)15-9-28-31(11-15)22-7-8-30(12-20(22)26)17-13-32-14-17/h5,9-11,16-17,20,22H,1-4,6-8,12-14H2,(H,27,29)/t20-,22-/m0/s1. The normalized spacial score (nSPS) is 26.8. The molecule has 0 spiro atoms. The minimum absolute atomic E-state index is 0.238. The van der Waals surface area contributed by atoms with E-state index in [1.807, 2.05) is 29.3 Å². The summed E-state index contributed by atoms with van der Waals surface area (Å²) in [6, 6.07) is 0.593. The Morgan fingerprint density at radius 3 is 2.75 bits per heavy atom. The first kappa shape index (κ1) is 20.6. The van der Waals surface area contributed by atoms with Gasteiger partial charge in [-0.2, -0.15) is 5.10 Å². The zero-order valence-corrected chi connectivity index (χ0v) is 18.9. The number of hydrogen-bond acceptors (Lipinski definition) is 5. The summed E-state index contributed by atoms with van der Waals surface area (Å²) in [4.78, 5) is 6.92. The van der Waals surface area contributed by atoms with Crippen LogP contribution in [0.3, 0.4) is 0 Å². The maximum absolute atomic E-state index is 15.1. The predicted molar refractivity (Wildman–Crippen MR) is 124 cm³/mol. The third kappa shape index (κ3) is 3.64. The highest BCUT2D eigenvalue weighted by molar-refractivity contribution is 6.50. The first-order valence-electron chi connectivity index (χ1n) is 11.8. The molecule has 3 fully saturated rings. The Bertz CT molecular complexity index is 1030. The molecular weight excluding hydrogens is 429 g/mol. The number of fused-ring (bicyclic) bond motifs is 1. The first-order valence-corrected chi connectivity index (χ1v) is 12.2. The lowest BCUT2D eigenvalue weighted by atomic mass is 10.0. The summed E-state index contributed by atoms with van der Waals surface area (Å²) >= 11 is 6.59. The summed E-state index contributed by atoms with van der Waals surface area (Å²) in [6.07, 6.45) is 13.2. The minimum Gasteiger partial charge on any atom is -0.381 e. The quantitative estimate of drug-likeness (QED) is 0.720. The van der Waals surface area contributed by atoms with E-state index in [-0.39, 0.29) is 6.04 Å². The molecule has 2 saturated heterocycles. The largest absolute Gasteiger partial charge is 0.381 e. The molecule has 0 unspecified atom stereocenters. The lowest BCUT2D eigenvalue weighted by Gasteiger charge is -2.42. The number of allylic oxidation sites excluding steroid dienone is 1. The van der Waals surface area contributed by atoms with Crippen LogP contribution in [0.4, 0.5) is 10.1 Å². The molecule has 1 N–H and O–H groups in total. The van der Waals surface area contributed by atoms with E-state index in [9.17, 15) is 0 Å². The molecule has 2 aliphatic carbocycles. The summed E-state index contributed by atoms with van der Waals surface area (Å²) in [6.45, 7) is 2.78. The molecule has 8 heteroatoms. The van der Waals surface area contributed by atoms with Crippen LogP contribution in [0.25, 0.3) is 16.2 Å². The number of rotatable bonds is 5. The van der Waals surface area contributed by atoms with Crippen molar-refractivity contribution in [2.24, 2.45) is 0 Å². The van der Waals surface area contributed by atoms with Crippen LogP contribution in [0.2, 0.25) is 0 Å². The van der Waals surface area contributed by atoms with Crippen LogP contribution >= 0.6 is 11.6 Å². The molecule has 4 aliphatic rings. The summed E-state index contributed by atoms with van der Waals surface area (Å²) in [7, 11) is 0. The SMILES string of the molecule is F[C@H]1CN(C2COC2)CC[C@@H]1n1cc(-c2cnc3c(c2NC2CCCC2)C(Cl)=CC3)cn1. The smallest absolute Gasteiger partial charge is 0.135 e. The molecule has 0 amide bonds. The number of aromatic nitrogens is 3. The van der Waals surface area contributed by atoms with E-state index in [0.717, 1.165) is 65.7 Å². The molecule has 0 aromatic carbocycles. The monoisotopic (exact) mass is 457 g/mol. The van der Waals surface area contributed by atoms with E-state index in [0.29, 0.717) is 18.6 Å². The molecule has 32 heavy (non-hydrogen) atoms. The summed E-state index contributed by atoms with van der Waals surface area (Å²) in [5, 5.41) is 9.12. The number of anilines is 1. The fraction of sp³-hybridized carbons (Fsp3) is 0.583. The number of alkyl halides is 1. The van der Waals surface area contributed by atoms with Crippen LogP contribution in [0.15, 0.2) is 24.7 Å². The Balaban J connectivity index is 1.28. The van der Waals surface area contributed by atoms with E-state index in [4.69, 9.17) is 21.3 Å². The molecular formula is C24H29ClFN5O. The number of nitrogens with zero attached hydrogens (tertiary/aromatic N) is 4. The van der Waals surface area contributed by atoms with Crippen molar-refractivity contribution in [2.75, 3.05) is 31.6 Å². The number of halogens is 2. The maximum atomic E-state index is 15.1. The summed E-state index contributed by atoms with van der Waals surface area (Å²) in [5.74, 6) is 0. The number of pyridine rings is 1. The van der Waals surface area contributed by atoms with Crippen molar-refractivity contribution in [3.8, 4) is 11.1 Å². The third-order valence-corrected chi connectivity index (χ3v) is 7.85. The Hall–Kier alpha value is -1.96. The van der Waals surface area contributed by atoms with Crippen molar-refractivity contribution >= 4 is 22.3 Å². The average Bonchev–Trinajstić information content (AvgIpc) is 3.49. The Morgan fingerprint density at radius 1 is 1.16 bits per heavy atom. The van der Waals surface area contributed by atoms with Gasteiger partial charge in [0.05, 0.1) is 42.9 Å². The van der Waals surface area contributed by atoms with Crippen LogP contribution < -0.4 is 5.32 Å². The van der Waals surface area contributed by atoms with Crippen LogP contribution in [0.5, 0.6) is 0 Å². The number of hydrogen-bond donors (Lipinski definition) is 1. The van der Waals surface area contributed by atoms with Gasteiger partial charge >= 0.3 is 0 Å². The summed E-state index contributed by atoms with van der Waals surface area (Å²) in [5.41, 5.74) is 5.04. The topological polar surface area (TPSA) is 55.2 Å². The van der Waals surface area contributed by atoms with E-state index in [2.05, 4.69) is 15.3 Å². The molecule has 170 valence electrons. The van der Waals surface area contributed by atoms with Crippen molar-refractivity contribution in [3.63, 3.8) is 0 Å². The van der Waals surface area contributed by atoms with Crippen LogP contribution in [0.1, 0.15) is 49.4 Å². The highest BCUT2D eigenvalue weighted by Gasteiger charge is 2.36. The van der Waals surface area contributed by atoms with E-state index < -0.39 is 6.17 Å². The second-order valence-corrected chi connectivity index (χ2v) is 9.92. The van der Waals surface area contributed by atoms with Gasteiger partial charge in [-0.15, -0.1) is 0 Å². The van der Waals surface area contributed by atoms with Gasteiger partial charge < -0.3 is 10.1 Å². The van der Waals surface area contributed by atoms with Crippen molar-refractivity contribution in [2.45, 2.75) is 62.8 Å². The zero-order valence-electron chi connectivity index (χ0n) is 18.1. The van der Waals surface area contributed by atoms with Crippen molar-refractivity contribution in [3.05, 3.63) is 35.9 Å². The van der Waals surface area contributed by atoms with Gasteiger partial charge in [-0.05, 0) is 19.3 Å². The van der Waals surface area contributed by atoms with Crippen LogP contribution in [-0.4, -0.2) is 64.2 Å². The second-order valence-electron chi connectivity index (χ2n) is 9.52. The number of likely N-dealkylation sites (tertiary alicyclic amines) is 1. The van der Waals surface area contributed by atoms with Gasteiger partial charge in [0.25, 0.3) is 0 Å². The zero-order chi connectivity index (χ0) is 21.7. The van der Waals surface area contributed by atoms with Crippen LogP contribution in [0, 0.1) is 0 Å². The van der Waals surface area contributed by atoms with Gasteiger partial charge in [0.1, 0.15) is 6.17 Å². The first-order chi connectivity index (χ1) is 15.7. The average molecular weight is 458 g/mol. The highest BCUT2D eigenvalue weighted by atomic mass is 35.5. The Morgan fingerprint density at radius 2 is 2.00 bits per heavy atom. The molecule has 2 atom stereocenters. The van der Waals surface area contributed by atoms with Crippen molar-refractivity contribution in [1.82, 2.24) is 19.7 Å². The number of nitrogens with one attached hydrogen (secondary N) is 1. The van der Waals surface area contributed by atoms with Gasteiger partial charge in [-0.3, -0.25) is 14.6 Å². The molecule has 0 radical (unpaired) electrons. The van der Waals surface area contributed by atoms with Crippen molar-refractivity contribution in [1.29, 1.82) is 0 Å². The fourth-order valence-corrected chi connectivity index (χ4v) is 5.81. The molecule has 4 heterocycles. The molecule has 6 rings (SSSR count). The van der Waals surface area contributed by atoms with E-state index >= 15 is 4.39 Å². The predicted octanol–water partition coefficient (Wildman–Crippen LogP) is 4.42. The number of piperidine rings is 1. The van der Waals surface area contributed by atoms with E-state index in [1.54, 1.807) is 0 Å². The number of ether oxygens (including phenoxy) is 1. The Kier molecular flexibility index (Phi) is 5.44. The van der Waals surface area contributed by atoms with Gasteiger partial charge in [0, 0.05) is 59.7 Å². The van der Waals surface area contributed by atoms with Crippen molar-refractivity contribution < 1.29 is 9.13 Å². The molecule has 2 aromatic heterocycles. The minimum atomic E-state index is -0.941. The molecule has 1 saturated carbocycles. The molecule has 0 bridgehead atoms. The van der Waals surface area contributed by atoms with E-state index in [1.165, 1.54) is 25.7 Å². The lowest BCUT2D eigenvalue weighted by Crippen LogP contribution is -2.55. The van der Waals surface area contributed by atoms with Gasteiger partial charge in [-0.1, -0.05) is 30.5 Å². The Labute approximate surface area is 192 Å². The second kappa shape index (κ2) is 8.43. The van der Waals surface area contributed by atoms with Gasteiger partial charge in [0.15, 0.2) is 0 Å². The van der Waals surface area contributed by atoms with Gasteiger partial charge in [0.2, 0.25) is 0 Å². The lowest BCUT2D eigenvalue weighted by molar-refractivity contribution is -0.0847. The van der Waals surface area contributed by atoms with Crippen LogP contribution in [-0.2, 0) is 11.2 Å². The highest BCUT2D eigenvalue weighted by Crippen LogP contribution is 2.42. The fourth-order valence-electron chi connectivity index (χ4n) is 5.53. The van der Waals surface area contributed by atoms with Gasteiger partial charge in [-0.25, -0.2) is 4.39 Å². The third-order valence-electron chi connectivity index (χ3n) is 7.50. The molecule has 2 aliphatic heterocycles.